The average Bonchev–Trinajstić information content (AvgIpc) is 3.02. The van der Waals surface area contributed by atoms with Crippen LogP contribution in [0.5, 0.6) is 0 Å². The summed E-state index contributed by atoms with van der Waals surface area (Å²) in [5.41, 5.74) is 2.00. The summed E-state index contributed by atoms with van der Waals surface area (Å²) in [5.74, 6) is -0.692. The number of rotatable bonds is 5. The molecule has 2 aromatic carbocycles. The summed E-state index contributed by atoms with van der Waals surface area (Å²) in [4.78, 5) is 29.3. The van der Waals surface area contributed by atoms with E-state index in [0.29, 0.717) is 11.0 Å². The highest BCUT2D eigenvalue weighted by atomic mass is 16.7. The molecule has 0 saturated heterocycles. The molecule has 8 nitrogen and oxygen atoms in total. The normalized spacial score (nSPS) is 10.3. The van der Waals surface area contributed by atoms with Gasteiger partial charge in [-0.05, 0) is 22.9 Å². The molecule has 24 heavy (non-hydrogen) atoms. The summed E-state index contributed by atoms with van der Waals surface area (Å²) in [6, 6.07) is 16.2. The van der Waals surface area contributed by atoms with Crippen LogP contribution in [0.2, 0.25) is 0 Å². The highest BCUT2D eigenvalue weighted by molar-refractivity contribution is 5.79. The van der Waals surface area contributed by atoms with Gasteiger partial charge in [-0.1, -0.05) is 47.3 Å². The van der Waals surface area contributed by atoms with Crippen molar-refractivity contribution in [3.05, 3.63) is 60.2 Å². The Kier molecular flexibility index (Phi) is 4.66. The van der Waals surface area contributed by atoms with Crippen LogP contribution in [0.15, 0.2) is 54.6 Å². The van der Waals surface area contributed by atoms with Gasteiger partial charge in [0.15, 0.2) is 0 Å². The fourth-order valence-electron chi connectivity index (χ4n) is 1.96. The molecule has 122 valence electrons. The van der Waals surface area contributed by atoms with Gasteiger partial charge in [0.2, 0.25) is 0 Å². The molecular weight excluding hydrogens is 312 g/mol. The van der Waals surface area contributed by atoms with E-state index >= 15 is 0 Å². The van der Waals surface area contributed by atoms with E-state index in [1.54, 1.807) is 24.3 Å². The molecule has 1 amide bonds. The van der Waals surface area contributed by atoms with Crippen molar-refractivity contribution < 1.29 is 19.2 Å². The van der Waals surface area contributed by atoms with Gasteiger partial charge in [0.05, 0.1) is 0 Å². The van der Waals surface area contributed by atoms with Gasteiger partial charge in [-0.15, -0.1) is 5.10 Å². The monoisotopic (exact) mass is 326 g/mol. The molecule has 0 bridgehead atoms. The van der Waals surface area contributed by atoms with E-state index < -0.39 is 12.1 Å². The number of alkyl carbamates (subject to hydrolysis) is 1. The zero-order chi connectivity index (χ0) is 16.8. The number of carbonyl (C=O) groups excluding carboxylic acids is 2. The van der Waals surface area contributed by atoms with E-state index in [1.807, 2.05) is 30.3 Å². The standard InChI is InChI=1S/C16H14N4O4/c21-15(24-20-14-9-5-4-8-13(14)18-19-20)10-17-16(22)23-11-12-6-2-1-3-7-12/h1-9H,10-11H2,(H,17,22). The van der Waals surface area contributed by atoms with Gasteiger partial charge in [0.1, 0.15) is 24.2 Å². The van der Waals surface area contributed by atoms with Crippen LogP contribution in [0.3, 0.4) is 0 Å². The minimum atomic E-state index is -0.709. The van der Waals surface area contributed by atoms with E-state index in [0.717, 1.165) is 10.4 Å². The lowest BCUT2D eigenvalue weighted by molar-refractivity contribution is -0.144. The highest BCUT2D eigenvalue weighted by Gasteiger charge is 2.11. The Bertz CT molecular complexity index is 847. The second-order valence-electron chi connectivity index (χ2n) is 4.83. The minimum Gasteiger partial charge on any atom is -0.445 e. The van der Waals surface area contributed by atoms with Crippen molar-refractivity contribution >= 4 is 23.1 Å². The van der Waals surface area contributed by atoms with Gasteiger partial charge in [-0.2, -0.15) is 0 Å². The Labute approximate surface area is 136 Å². The fourth-order valence-corrected chi connectivity index (χ4v) is 1.96. The highest BCUT2D eigenvalue weighted by Crippen LogP contribution is 2.07. The van der Waals surface area contributed by atoms with Crippen LogP contribution in [-0.2, 0) is 16.1 Å². The molecule has 0 unspecified atom stereocenters. The molecule has 1 N–H and O–H groups in total. The number of hydrogen-bond donors (Lipinski definition) is 1. The van der Waals surface area contributed by atoms with Crippen LogP contribution in [0.25, 0.3) is 11.0 Å². The molecule has 0 spiro atoms. The van der Waals surface area contributed by atoms with Gasteiger partial charge >= 0.3 is 12.1 Å². The smallest absolute Gasteiger partial charge is 0.407 e. The van der Waals surface area contributed by atoms with E-state index in [1.165, 1.54) is 0 Å². The predicted octanol–water partition coefficient (Wildman–Crippen LogP) is 1.31. The second kappa shape index (κ2) is 7.23. The third-order valence-electron chi connectivity index (χ3n) is 3.10. The number of fused-ring (bicyclic) bond motifs is 1. The maximum Gasteiger partial charge on any atom is 0.407 e. The summed E-state index contributed by atoms with van der Waals surface area (Å²) in [6.07, 6.45) is -0.709. The molecule has 0 aliphatic heterocycles. The number of aromatic nitrogens is 3. The van der Waals surface area contributed by atoms with Crippen LogP contribution in [0.4, 0.5) is 4.79 Å². The molecule has 0 atom stereocenters. The Morgan fingerprint density at radius 3 is 2.62 bits per heavy atom. The van der Waals surface area contributed by atoms with Gasteiger partial charge in [-0.25, -0.2) is 9.59 Å². The van der Waals surface area contributed by atoms with Crippen molar-refractivity contribution in [2.75, 3.05) is 6.54 Å². The number of ether oxygens (including phenoxy) is 1. The number of nitrogens with one attached hydrogen (secondary N) is 1. The first-order valence-electron chi connectivity index (χ1n) is 7.18. The van der Waals surface area contributed by atoms with Crippen molar-refractivity contribution in [2.45, 2.75) is 6.61 Å². The molecular formula is C16H14N4O4. The first-order valence-corrected chi connectivity index (χ1v) is 7.18. The topological polar surface area (TPSA) is 95.3 Å². The van der Waals surface area contributed by atoms with E-state index in [2.05, 4.69) is 15.6 Å². The Hall–Kier alpha value is -3.42. The third kappa shape index (κ3) is 3.86. The maximum atomic E-state index is 11.8. The molecule has 0 radical (unpaired) electrons. The van der Waals surface area contributed by atoms with Crippen molar-refractivity contribution in [3.8, 4) is 0 Å². The number of carbonyl (C=O) groups is 2. The minimum absolute atomic E-state index is 0.120. The Morgan fingerprint density at radius 2 is 1.79 bits per heavy atom. The van der Waals surface area contributed by atoms with Crippen molar-refractivity contribution in [3.63, 3.8) is 0 Å². The Balaban J connectivity index is 1.46. The molecule has 1 aromatic heterocycles. The van der Waals surface area contributed by atoms with Gasteiger partial charge in [-0.3, -0.25) is 0 Å². The zero-order valence-electron chi connectivity index (χ0n) is 12.6. The first-order chi connectivity index (χ1) is 11.7. The van der Waals surface area contributed by atoms with E-state index in [-0.39, 0.29) is 13.2 Å². The lowest BCUT2D eigenvalue weighted by Crippen LogP contribution is -2.35. The third-order valence-corrected chi connectivity index (χ3v) is 3.10. The lowest BCUT2D eigenvalue weighted by atomic mass is 10.2. The Morgan fingerprint density at radius 1 is 1.04 bits per heavy atom. The first kappa shape index (κ1) is 15.5. The number of hydrogen-bond acceptors (Lipinski definition) is 6. The maximum absolute atomic E-state index is 11.8. The number of nitrogens with zero attached hydrogens (tertiary/aromatic N) is 3. The largest absolute Gasteiger partial charge is 0.445 e. The summed E-state index contributed by atoms with van der Waals surface area (Å²) >= 11 is 0. The van der Waals surface area contributed by atoms with Crippen LogP contribution >= 0.6 is 0 Å². The fraction of sp³-hybridized carbons (Fsp3) is 0.125. The molecule has 3 aromatic rings. The average molecular weight is 326 g/mol. The summed E-state index contributed by atoms with van der Waals surface area (Å²) < 4.78 is 4.99. The van der Waals surface area contributed by atoms with Crippen LogP contribution < -0.4 is 10.2 Å². The number of para-hydroxylation sites is 1. The number of benzene rings is 2. The number of amides is 1. The van der Waals surface area contributed by atoms with Crippen molar-refractivity contribution in [1.29, 1.82) is 0 Å². The molecule has 0 saturated carbocycles. The molecule has 3 rings (SSSR count). The van der Waals surface area contributed by atoms with Crippen molar-refractivity contribution in [1.82, 2.24) is 20.5 Å². The van der Waals surface area contributed by atoms with Gasteiger partial charge < -0.3 is 14.9 Å². The van der Waals surface area contributed by atoms with E-state index in [4.69, 9.17) is 9.57 Å². The van der Waals surface area contributed by atoms with Crippen LogP contribution in [-0.4, -0.2) is 33.8 Å². The molecule has 0 aliphatic rings. The lowest BCUT2D eigenvalue weighted by Gasteiger charge is -2.07. The molecule has 0 aliphatic carbocycles. The summed E-state index contributed by atoms with van der Waals surface area (Å²) in [6.45, 7) is -0.225. The van der Waals surface area contributed by atoms with E-state index in [9.17, 15) is 9.59 Å². The molecule has 0 fully saturated rings. The zero-order valence-corrected chi connectivity index (χ0v) is 12.6. The van der Waals surface area contributed by atoms with Crippen LogP contribution in [0.1, 0.15) is 5.56 Å². The SMILES string of the molecule is O=C(CNC(=O)OCc1ccccc1)On1nnc2ccccc21. The molecule has 8 heteroatoms. The summed E-state index contributed by atoms with van der Waals surface area (Å²) in [5, 5.41) is 9.89. The van der Waals surface area contributed by atoms with Crippen LogP contribution in [0, 0.1) is 0 Å². The molecule has 1 heterocycles. The van der Waals surface area contributed by atoms with Crippen molar-refractivity contribution in [2.24, 2.45) is 0 Å². The summed E-state index contributed by atoms with van der Waals surface area (Å²) in [7, 11) is 0. The van der Waals surface area contributed by atoms with Gasteiger partial charge in [0, 0.05) is 0 Å². The van der Waals surface area contributed by atoms with Gasteiger partial charge in [0.25, 0.3) is 0 Å². The second-order valence-corrected chi connectivity index (χ2v) is 4.83. The predicted molar refractivity (Wildman–Crippen MR) is 83.7 cm³/mol. The quantitative estimate of drug-likeness (QED) is 0.710.